The van der Waals surface area contributed by atoms with E-state index in [4.69, 9.17) is 0 Å². The van der Waals surface area contributed by atoms with Gasteiger partial charge in [-0.1, -0.05) is 60.7 Å². The summed E-state index contributed by atoms with van der Waals surface area (Å²) < 4.78 is 0. The molecule has 3 aliphatic carbocycles. The number of rotatable bonds is 3. The maximum absolute atomic E-state index is 2.42. The van der Waals surface area contributed by atoms with Crippen LogP contribution in [0.2, 0.25) is 0 Å². The van der Waals surface area contributed by atoms with Crippen molar-refractivity contribution in [1.29, 1.82) is 0 Å². The number of benzene rings is 2. The fraction of sp³-hybridized carbons (Fsp3) is 0.250. The second kappa shape index (κ2) is 5.34. The van der Waals surface area contributed by atoms with Crippen molar-refractivity contribution in [2.45, 2.75) is 32.1 Å². The molecule has 3 aliphatic rings. The average molecular weight is 310 g/mol. The lowest BCUT2D eigenvalue weighted by Gasteiger charge is -2.11. The molecular formula is C24H22. The molecule has 0 spiro atoms. The van der Waals surface area contributed by atoms with Gasteiger partial charge >= 0.3 is 0 Å². The number of hydrogen-bond acceptors (Lipinski definition) is 0. The van der Waals surface area contributed by atoms with E-state index >= 15 is 0 Å². The molecule has 2 aromatic carbocycles. The second-order valence-electron chi connectivity index (χ2n) is 7.41. The third-order valence-corrected chi connectivity index (χ3v) is 5.76. The number of hydrogen-bond donors (Lipinski definition) is 0. The number of fused-ring (bicyclic) bond motifs is 1. The fourth-order valence-electron chi connectivity index (χ4n) is 4.21. The van der Waals surface area contributed by atoms with E-state index in [1.807, 2.05) is 0 Å². The Kier molecular flexibility index (Phi) is 3.13. The molecule has 0 amide bonds. The Balaban J connectivity index is 1.45. The largest absolute Gasteiger partial charge is 0.0761 e. The number of allylic oxidation sites excluding steroid dienone is 5. The summed E-state index contributed by atoms with van der Waals surface area (Å²) in [7, 11) is 0. The first-order valence-electron chi connectivity index (χ1n) is 9.09. The van der Waals surface area contributed by atoms with Gasteiger partial charge in [-0.2, -0.15) is 0 Å². The molecule has 2 aromatic rings. The molecule has 5 rings (SSSR count). The summed E-state index contributed by atoms with van der Waals surface area (Å²) in [6, 6.07) is 15.8. The van der Waals surface area contributed by atoms with Crippen LogP contribution in [-0.4, -0.2) is 0 Å². The monoisotopic (exact) mass is 310 g/mol. The molecular weight excluding hydrogens is 288 g/mol. The topological polar surface area (TPSA) is 0 Å². The Labute approximate surface area is 144 Å². The summed E-state index contributed by atoms with van der Waals surface area (Å²) in [5, 5.41) is 0. The van der Waals surface area contributed by atoms with Gasteiger partial charge in [-0.05, 0) is 77.1 Å². The summed E-state index contributed by atoms with van der Waals surface area (Å²) in [5.41, 5.74) is 9.90. The second-order valence-corrected chi connectivity index (χ2v) is 7.41. The summed E-state index contributed by atoms with van der Waals surface area (Å²) in [6.07, 6.45) is 13.4. The molecule has 0 bridgehead atoms. The van der Waals surface area contributed by atoms with Gasteiger partial charge in [-0.25, -0.2) is 0 Å². The van der Waals surface area contributed by atoms with Crippen molar-refractivity contribution >= 4 is 17.2 Å². The Morgan fingerprint density at radius 3 is 2.71 bits per heavy atom. The summed E-state index contributed by atoms with van der Waals surface area (Å²) in [5.74, 6) is 1.60. The van der Waals surface area contributed by atoms with E-state index in [-0.39, 0.29) is 0 Å². The van der Waals surface area contributed by atoms with Crippen LogP contribution in [0.4, 0.5) is 0 Å². The predicted octanol–water partition coefficient (Wildman–Crippen LogP) is 6.39. The predicted molar refractivity (Wildman–Crippen MR) is 103 cm³/mol. The molecule has 118 valence electrons. The zero-order chi connectivity index (χ0) is 16.1. The normalized spacial score (nSPS) is 21.6. The molecule has 0 saturated heterocycles. The first-order valence-corrected chi connectivity index (χ1v) is 9.09. The van der Waals surface area contributed by atoms with Crippen LogP contribution in [0.1, 0.15) is 53.0 Å². The Bertz CT molecular complexity index is 903. The zero-order valence-corrected chi connectivity index (χ0v) is 14.1. The van der Waals surface area contributed by atoms with Crippen LogP contribution in [0.25, 0.3) is 17.2 Å². The van der Waals surface area contributed by atoms with E-state index < -0.39 is 0 Å². The molecule has 1 unspecified atom stereocenters. The van der Waals surface area contributed by atoms with E-state index in [0.29, 0.717) is 5.92 Å². The van der Waals surface area contributed by atoms with Crippen LogP contribution in [0.3, 0.4) is 0 Å². The summed E-state index contributed by atoms with van der Waals surface area (Å²) >= 11 is 0. The van der Waals surface area contributed by atoms with Crippen molar-refractivity contribution < 1.29 is 0 Å². The SMILES string of the molecule is Cc1ccccc1C1=CCC(c2ccc3c(c2)C=CC3C2CC2)=C1. The lowest BCUT2D eigenvalue weighted by atomic mass is 9.93. The highest BCUT2D eigenvalue weighted by Gasteiger charge is 2.33. The minimum atomic E-state index is 0.687. The van der Waals surface area contributed by atoms with Crippen LogP contribution in [0, 0.1) is 12.8 Å². The maximum Gasteiger partial charge on any atom is 0.00555 e. The Morgan fingerprint density at radius 1 is 1.00 bits per heavy atom. The first kappa shape index (κ1) is 14.0. The van der Waals surface area contributed by atoms with Crippen LogP contribution in [0.5, 0.6) is 0 Å². The summed E-state index contributed by atoms with van der Waals surface area (Å²) in [6.45, 7) is 2.19. The lowest BCUT2D eigenvalue weighted by Crippen LogP contribution is -1.95. The molecule has 0 aromatic heterocycles. The Hall–Kier alpha value is -2.34. The molecule has 1 atom stereocenters. The van der Waals surface area contributed by atoms with Crippen molar-refractivity contribution in [2.75, 3.05) is 0 Å². The van der Waals surface area contributed by atoms with Gasteiger partial charge in [0, 0.05) is 5.92 Å². The average Bonchev–Trinajstić information content (AvgIpc) is 3.18. The van der Waals surface area contributed by atoms with E-state index in [0.717, 1.165) is 12.3 Å². The standard InChI is InChI=1S/C24H22/c1-16-4-2-3-5-22(16)20-9-8-18(14-20)19-10-12-24-21(15-19)11-13-23(24)17-6-7-17/h2-5,9-15,17,23H,6-8H2,1H3. The fourth-order valence-corrected chi connectivity index (χ4v) is 4.21. The minimum absolute atomic E-state index is 0.687. The third kappa shape index (κ3) is 2.29. The van der Waals surface area contributed by atoms with Gasteiger partial charge < -0.3 is 0 Å². The highest BCUT2D eigenvalue weighted by atomic mass is 14.4. The molecule has 1 saturated carbocycles. The van der Waals surface area contributed by atoms with E-state index in [2.05, 4.69) is 73.7 Å². The van der Waals surface area contributed by atoms with Gasteiger partial charge in [-0.3, -0.25) is 0 Å². The van der Waals surface area contributed by atoms with Crippen molar-refractivity contribution in [3.8, 4) is 0 Å². The van der Waals surface area contributed by atoms with Crippen molar-refractivity contribution in [1.82, 2.24) is 0 Å². The van der Waals surface area contributed by atoms with Crippen LogP contribution in [-0.2, 0) is 0 Å². The molecule has 0 aliphatic heterocycles. The third-order valence-electron chi connectivity index (χ3n) is 5.76. The number of aryl methyl sites for hydroxylation is 1. The molecule has 1 fully saturated rings. The zero-order valence-electron chi connectivity index (χ0n) is 14.1. The molecule has 0 N–H and O–H groups in total. The molecule has 0 nitrogen and oxygen atoms in total. The van der Waals surface area contributed by atoms with Crippen LogP contribution < -0.4 is 0 Å². The minimum Gasteiger partial charge on any atom is -0.0761 e. The van der Waals surface area contributed by atoms with Gasteiger partial charge in [-0.15, -0.1) is 0 Å². The quantitative estimate of drug-likeness (QED) is 0.616. The van der Waals surface area contributed by atoms with E-state index in [9.17, 15) is 0 Å². The molecule has 0 heteroatoms. The van der Waals surface area contributed by atoms with Gasteiger partial charge in [0.25, 0.3) is 0 Å². The highest BCUT2D eigenvalue weighted by molar-refractivity contribution is 5.90. The first-order chi connectivity index (χ1) is 11.8. The smallest absolute Gasteiger partial charge is 0.00555 e. The highest BCUT2D eigenvalue weighted by Crippen LogP contribution is 2.48. The maximum atomic E-state index is 2.42. The molecule has 24 heavy (non-hydrogen) atoms. The van der Waals surface area contributed by atoms with E-state index in [1.165, 1.54) is 46.2 Å². The van der Waals surface area contributed by atoms with Crippen LogP contribution in [0.15, 0.2) is 60.7 Å². The van der Waals surface area contributed by atoms with Crippen molar-refractivity contribution in [2.24, 2.45) is 5.92 Å². The van der Waals surface area contributed by atoms with Gasteiger partial charge in [0.05, 0.1) is 0 Å². The van der Waals surface area contributed by atoms with Gasteiger partial charge in [0.15, 0.2) is 0 Å². The Morgan fingerprint density at radius 2 is 1.88 bits per heavy atom. The van der Waals surface area contributed by atoms with E-state index in [1.54, 1.807) is 5.56 Å². The molecule has 0 heterocycles. The van der Waals surface area contributed by atoms with Crippen molar-refractivity contribution in [3.05, 3.63) is 88.5 Å². The van der Waals surface area contributed by atoms with Crippen molar-refractivity contribution in [3.63, 3.8) is 0 Å². The summed E-state index contributed by atoms with van der Waals surface area (Å²) in [4.78, 5) is 0. The molecule has 0 radical (unpaired) electrons. The van der Waals surface area contributed by atoms with Gasteiger partial charge in [0.1, 0.15) is 0 Å². The lowest BCUT2D eigenvalue weighted by molar-refractivity contribution is 0.738. The van der Waals surface area contributed by atoms with Crippen LogP contribution >= 0.6 is 0 Å². The van der Waals surface area contributed by atoms with Gasteiger partial charge in [0.2, 0.25) is 0 Å².